The van der Waals surface area contributed by atoms with E-state index in [4.69, 9.17) is 0 Å². The molecule has 30 heavy (non-hydrogen) atoms. The lowest BCUT2D eigenvalue weighted by Crippen LogP contribution is -2.38. The third-order valence-electron chi connectivity index (χ3n) is 4.27. The molecule has 0 aliphatic rings. The van der Waals surface area contributed by atoms with E-state index >= 15 is 0 Å². The Morgan fingerprint density at radius 1 is 0.867 bits per heavy atom. The van der Waals surface area contributed by atoms with Crippen molar-refractivity contribution in [3.05, 3.63) is 71.3 Å². The molecule has 0 fully saturated rings. The fourth-order valence-electron chi connectivity index (χ4n) is 2.61. The van der Waals surface area contributed by atoms with Crippen LogP contribution >= 0.6 is 24.0 Å². The molecule has 0 heterocycles. The van der Waals surface area contributed by atoms with Gasteiger partial charge in [0.1, 0.15) is 0 Å². The summed E-state index contributed by atoms with van der Waals surface area (Å²) in [5, 5.41) is 9.23. The maximum atomic E-state index is 12.0. The number of halogens is 1. The van der Waals surface area contributed by atoms with Crippen LogP contribution in [0, 0.1) is 0 Å². The number of hydrogen-bond donors (Lipinski definition) is 3. The number of rotatable bonds is 8. The highest BCUT2D eigenvalue weighted by Gasteiger charge is 2.07. The molecular weight excluding hydrogens is 493 g/mol. The second-order valence-corrected chi connectivity index (χ2v) is 6.76. The van der Waals surface area contributed by atoms with Crippen molar-refractivity contribution in [1.82, 2.24) is 20.9 Å². The van der Waals surface area contributed by atoms with Crippen LogP contribution in [0.2, 0.25) is 0 Å². The van der Waals surface area contributed by atoms with Gasteiger partial charge in [0, 0.05) is 52.8 Å². The largest absolute Gasteiger partial charge is 0.356 e. The van der Waals surface area contributed by atoms with Crippen molar-refractivity contribution in [3.63, 3.8) is 0 Å². The highest BCUT2D eigenvalue weighted by atomic mass is 127. The first kappa shape index (κ1) is 25.4. The number of hydrogen-bond acceptors (Lipinski definition) is 3. The van der Waals surface area contributed by atoms with Gasteiger partial charge in [-0.15, -0.1) is 24.0 Å². The standard InChI is InChI=1S/C22H29N5O2.HI/c1-23-22(24-14-13-20(28)25-15-17-7-5-4-6-8-17)26-16-18-9-11-19(12-10-18)21(29)27(2)3;/h4-12H,13-16H2,1-3H3,(H,25,28)(H2,23,24,26);1H. The van der Waals surface area contributed by atoms with Gasteiger partial charge in [0.15, 0.2) is 5.96 Å². The van der Waals surface area contributed by atoms with Crippen molar-refractivity contribution in [2.24, 2.45) is 4.99 Å². The van der Waals surface area contributed by atoms with Crippen LogP contribution in [-0.2, 0) is 17.9 Å². The van der Waals surface area contributed by atoms with Gasteiger partial charge in [-0.2, -0.15) is 0 Å². The molecule has 2 amide bonds. The van der Waals surface area contributed by atoms with Crippen LogP contribution in [0.15, 0.2) is 59.6 Å². The Bertz CT molecular complexity index is 823. The highest BCUT2D eigenvalue weighted by molar-refractivity contribution is 14.0. The zero-order valence-corrected chi connectivity index (χ0v) is 20.0. The normalized spacial score (nSPS) is 10.6. The van der Waals surface area contributed by atoms with Crippen LogP contribution in [0.3, 0.4) is 0 Å². The summed E-state index contributed by atoms with van der Waals surface area (Å²) in [5.74, 6) is 0.583. The third kappa shape index (κ3) is 8.81. The molecule has 2 aromatic rings. The Morgan fingerprint density at radius 2 is 1.47 bits per heavy atom. The Labute approximate surface area is 195 Å². The van der Waals surface area contributed by atoms with E-state index < -0.39 is 0 Å². The average molecular weight is 523 g/mol. The second-order valence-electron chi connectivity index (χ2n) is 6.76. The molecule has 0 aliphatic heterocycles. The van der Waals surface area contributed by atoms with Crippen molar-refractivity contribution in [3.8, 4) is 0 Å². The fourth-order valence-corrected chi connectivity index (χ4v) is 2.61. The molecule has 0 spiro atoms. The van der Waals surface area contributed by atoms with Gasteiger partial charge >= 0.3 is 0 Å². The Morgan fingerprint density at radius 3 is 2.07 bits per heavy atom. The predicted octanol–water partition coefficient (Wildman–Crippen LogP) is 2.38. The summed E-state index contributed by atoms with van der Waals surface area (Å²) in [4.78, 5) is 29.6. The van der Waals surface area contributed by atoms with Gasteiger partial charge in [0.25, 0.3) is 5.91 Å². The van der Waals surface area contributed by atoms with Gasteiger partial charge in [-0.3, -0.25) is 14.6 Å². The topological polar surface area (TPSA) is 85.8 Å². The lowest BCUT2D eigenvalue weighted by atomic mass is 10.1. The number of guanidine groups is 1. The zero-order chi connectivity index (χ0) is 21.1. The first-order chi connectivity index (χ1) is 14.0. The van der Waals surface area contributed by atoms with Crippen LogP contribution in [0.1, 0.15) is 27.9 Å². The molecule has 7 nitrogen and oxygen atoms in total. The molecule has 0 radical (unpaired) electrons. The van der Waals surface area contributed by atoms with Gasteiger partial charge in [0.05, 0.1) is 0 Å². The van der Waals surface area contributed by atoms with Crippen molar-refractivity contribution in [1.29, 1.82) is 0 Å². The van der Waals surface area contributed by atoms with Crippen LogP contribution in [0.4, 0.5) is 0 Å². The Kier molecular flexibility index (Phi) is 11.5. The molecule has 0 aliphatic carbocycles. The fraction of sp³-hybridized carbons (Fsp3) is 0.318. The molecule has 2 rings (SSSR count). The first-order valence-electron chi connectivity index (χ1n) is 9.55. The number of amides is 2. The monoisotopic (exact) mass is 523 g/mol. The zero-order valence-electron chi connectivity index (χ0n) is 17.6. The van der Waals surface area contributed by atoms with E-state index in [0.717, 1.165) is 11.1 Å². The lowest BCUT2D eigenvalue weighted by Gasteiger charge is -2.13. The molecular formula is C22H30IN5O2. The summed E-state index contributed by atoms with van der Waals surface area (Å²) in [5.41, 5.74) is 2.76. The number of nitrogens with zero attached hydrogens (tertiary/aromatic N) is 2. The van der Waals surface area contributed by atoms with Gasteiger partial charge < -0.3 is 20.9 Å². The molecule has 0 saturated carbocycles. The van der Waals surface area contributed by atoms with E-state index in [9.17, 15) is 9.59 Å². The minimum atomic E-state index is -0.0208. The second kappa shape index (κ2) is 13.6. The summed E-state index contributed by atoms with van der Waals surface area (Å²) in [6, 6.07) is 17.3. The molecule has 3 N–H and O–H groups in total. The van der Waals surface area contributed by atoms with E-state index in [2.05, 4.69) is 20.9 Å². The number of carbonyl (C=O) groups excluding carboxylic acids is 2. The average Bonchev–Trinajstić information content (AvgIpc) is 2.75. The number of benzene rings is 2. The van der Waals surface area contributed by atoms with Crippen molar-refractivity contribution >= 4 is 41.8 Å². The van der Waals surface area contributed by atoms with E-state index in [0.29, 0.717) is 37.6 Å². The molecule has 0 atom stereocenters. The molecule has 0 unspecified atom stereocenters. The van der Waals surface area contributed by atoms with Gasteiger partial charge in [-0.05, 0) is 23.3 Å². The molecule has 0 bridgehead atoms. The summed E-state index contributed by atoms with van der Waals surface area (Å²) in [6.07, 6.45) is 0.356. The van der Waals surface area contributed by atoms with Gasteiger partial charge in [0.2, 0.25) is 5.91 Å². The Balaban J connectivity index is 0.00000450. The van der Waals surface area contributed by atoms with Crippen LogP contribution < -0.4 is 16.0 Å². The van der Waals surface area contributed by atoms with Crippen LogP contribution in [-0.4, -0.2) is 50.4 Å². The molecule has 0 saturated heterocycles. The van der Waals surface area contributed by atoms with Crippen molar-refractivity contribution in [2.45, 2.75) is 19.5 Å². The van der Waals surface area contributed by atoms with Crippen LogP contribution in [0.5, 0.6) is 0 Å². The van der Waals surface area contributed by atoms with E-state index in [1.165, 1.54) is 0 Å². The Hall–Kier alpha value is -2.62. The first-order valence-corrected chi connectivity index (χ1v) is 9.55. The van der Waals surface area contributed by atoms with E-state index in [-0.39, 0.29) is 35.8 Å². The highest BCUT2D eigenvalue weighted by Crippen LogP contribution is 2.06. The van der Waals surface area contributed by atoms with Gasteiger partial charge in [-0.25, -0.2) is 0 Å². The molecule has 8 heteroatoms. The van der Waals surface area contributed by atoms with Crippen molar-refractivity contribution < 1.29 is 9.59 Å². The smallest absolute Gasteiger partial charge is 0.253 e. The minimum Gasteiger partial charge on any atom is -0.356 e. The van der Waals surface area contributed by atoms with E-state index in [1.54, 1.807) is 26.0 Å². The molecule has 0 aromatic heterocycles. The SMILES string of the molecule is CN=C(NCCC(=O)NCc1ccccc1)NCc1ccc(C(=O)N(C)C)cc1.I. The van der Waals surface area contributed by atoms with Gasteiger partial charge in [-0.1, -0.05) is 42.5 Å². The summed E-state index contributed by atoms with van der Waals surface area (Å²) in [7, 11) is 5.15. The summed E-state index contributed by atoms with van der Waals surface area (Å²) >= 11 is 0. The van der Waals surface area contributed by atoms with Crippen LogP contribution in [0.25, 0.3) is 0 Å². The quantitative estimate of drug-likeness (QED) is 0.282. The minimum absolute atomic E-state index is 0. The maximum absolute atomic E-state index is 12.0. The summed E-state index contributed by atoms with van der Waals surface area (Å²) in [6.45, 7) is 1.58. The number of nitrogens with one attached hydrogen (secondary N) is 3. The summed E-state index contributed by atoms with van der Waals surface area (Å²) < 4.78 is 0. The van der Waals surface area contributed by atoms with Crippen molar-refractivity contribution in [2.75, 3.05) is 27.7 Å². The third-order valence-corrected chi connectivity index (χ3v) is 4.27. The number of aliphatic imine (C=N–C) groups is 1. The van der Waals surface area contributed by atoms with E-state index in [1.807, 2.05) is 54.6 Å². The predicted molar refractivity (Wildman–Crippen MR) is 131 cm³/mol. The molecule has 2 aromatic carbocycles. The number of carbonyl (C=O) groups is 2. The maximum Gasteiger partial charge on any atom is 0.253 e. The molecule has 162 valence electrons. The lowest BCUT2D eigenvalue weighted by molar-refractivity contribution is -0.121.